The van der Waals surface area contributed by atoms with Crippen molar-refractivity contribution in [3.63, 3.8) is 0 Å². The smallest absolute Gasteiger partial charge is 0.462 e. The van der Waals surface area contributed by atoms with Crippen molar-refractivity contribution in [3.05, 3.63) is 34.1 Å². The first-order valence-corrected chi connectivity index (χ1v) is 9.51. The first-order chi connectivity index (χ1) is 14.4. The highest BCUT2D eigenvalue weighted by Crippen LogP contribution is 2.42. The van der Waals surface area contributed by atoms with Crippen molar-refractivity contribution < 1.29 is 37.3 Å². The number of hydrogen-bond donors (Lipinski definition) is 1. The number of nitrogens with zero attached hydrogens (tertiary/aromatic N) is 1. The minimum Gasteiger partial charge on any atom is -0.462 e. The Morgan fingerprint density at radius 3 is 2.45 bits per heavy atom. The number of carbonyl (C=O) groups excluding carboxylic acids is 2. The minimum absolute atomic E-state index is 0.0390. The van der Waals surface area contributed by atoms with E-state index in [2.05, 4.69) is 14.8 Å². The van der Waals surface area contributed by atoms with Crippen LogP contribution in [0.4, 0.5) is 13.6 Å². The van der Waals surface area contributed by atoms with Gasteiger partial charge in [-0.05, 0) is 33.8 Å². The number of carbonyl (C=O) groups is 2. The summed E-state index contributed by atoms with van der Waals surface area (Å²) in [6, 6.07) is 2.31. The van der Waals surface area contributed by atoms with Crippen molar-refractivity contribution in [1.29, 1.82) is 0 Å². The average molecular weight is 440 g/mol. The number of nitrogens with one attached hydrogen (secondary N) is 1. The van der Waals surface area contributed by atoms with Crippen molar-refractivity contribution in [1.82, 2.24) is 9.88 Å². The van der Waals surface area contributed by atoms with Gasteiger partial charge < -0.3 is 28.8 Å². The summed E-state index contributed by atoms with van der Waals surface area (Å²) >= 11 is 0. The molecule has 0 radical (unpaired) electrons. The third-order valence-corrected chi connectivity index (χ3v) is 4.12. The Morgan fingerprint density at radius 2 is 1.84 bits per heavy atom. The molecule has 0 fully saturated rings. The van der Waals surface area contributed by atoms with Gasteiger partial charge in [0.15, 0.2) is 11.5 Å². The predicted octanol–water partition coefficient (Wildman–Crippen LogP) is 3.02. The summed E-state index contributed by atoms with van der Waals surface area (Å²) in [7, 11) is 0. The largest absolute Gasteiger partial charge is 0.586 e. The van der Waals surface area contributed by atoms with Gasteiger partial charge >= 0.3 is 18.4 Å². The quantitative estimate of drug-likeness (QED) is 0.713. The van der Waals surface area contributed by atoms with Gasteiger partial charge in [0.25, 0.3) is 0 Å². The highest BCUT2D eigenvalue weighted by molar-refractivity contribution is 5.94. The van der Waals surface area contributed by atoms with Gasteiger partial charge in [-0.3, -0.25) is 4.79 Å². The normalized spacial score (nSPS) is 14.4. The van der Waals surface area contributed by atoms with Crippen LogP contribution >= 0.6 is 0 Å². The number of aromatic nitrogens is 1. The van der Waals surface area contributed by atoms with Crippen LogP contribution in [0.1, 0.15) is 38.1 Å². The second-order valence-electron chi connectivity index (χ2n) is 7.70. The zero-order valence-electron chi connectivity index (χ0n) is 17.4. The first-order valence-electron chi connectivity index (χ1n) is 9.51. The maximum Gasteiger partial charge on any atom is 0.586 e. The van der Waals surface area contributed by atoms with E-state index in [-0.39, 0.29) is 47.7 Å². The molecule has 1 aromatic carbocycles. The number of rotatable bonds is 5. The number of alkyl halides is 2. The van der Waals surface area contributed by atoms with Gasteiger partial charge in [0.2, 0.25) is 5.43 Å². The first kappa shape index (κ1) is 22.3. The molecule has 0 unspecified atom stereocenters. The number of benzene rings is 1. The molecule has 2 heterocycles. The average Bonchev–Trinajstić information content (AvgIpc) is 2.93. The fraction of sp³-hybridized carbons (Fsp3) is 0.450. The van der Waals surface area contributed by atoms with E-state index in [9.17, 15) is 23.2 Å². The fourth-order valence-electron chi connectivity index (χ4n) is 2.97. The number of fused-ring (bicyclic) bond motifs is 2. The number of esters is 1. The number of ether oxygens (including phenoxy) is 4. The van der Waals surface area contributed by atoms with Crippen LogP contribution in [-0.4, -0.2) is 41.7 Å². The number of amides is 1. The highest BCUT2D eigenvalue weighted by atomic mass is 19.3. The topological polar surface area (TPSA) is 105 Å². The molecule has 1 aliphatic heterocycles. The molecule has 1 aliphatic rings. The molecule has 0 spiro atoms. The summed E-state index contributed by atoms with van der Waals surface area (Å²) < 4.78 is 47.3. The summed E-state index contributed by atoms with van der Waals surface area (Å²) in [5, 5.41) is 2.52. The molecule has 1 amide bonds. The molecule has 2 aromatic rings. The summed E-state index contributed by atoms with van der Waals surface area (Å²) in [6.07, 6.45) is -3.27. The van der Waals surface area contributed by atoms with Crippen molar-refractivity contribution in [2.45, 2.75) is 46.1 Å². The van der Waals surface area contributed by atoms with E-state index in [0.717, 1.165) is 6.07 Å². The Bertz CT molecular complexity index is 1090. The molecule has 1 aromatic heterocycles. The third kappa shape index (κ3) is 5.04. The third-order valence-electron chi connectivity index (χ3n) is 4.12. The SMILES string of the molecule is CCOC(=O)c1cn(CCNC(=O)OC(C)(C)C)c2cc3c(cc2c1=O)OC(F)(F)O3. The lowest BCUT2D eigenvalue weighted by Gasteiger charge is -2.20. The van der Waals surface area contributed by atoms with E-state index in [4.69, 9.17) is 9.47 Å². The summed E-state index contributed by atoms with van der Waals surface area (Å²) in [5.41, 5.74) is -1.46. The molecule has 0 saturated heterocycles. The van der Waals surface area contributed by atoms with E-state index in [0.29, 0.717) is 0 Å². The highest BCUT2D eigenvalue weighted by Gasteiger charge is 2.43. The zero-order valence-corrected chi connectivity index (χ0v) is 17.4. The Morgan fingerprint density at radius 1 is 1.19 bits per heavy atom. The number of pyridine rings is 1. The molecule has 11 heteroatoms. The molecule has 31 heavy (non-hydrogen) atoms. The minimum atomic E-state index is -3.87. The molecule has 0 saturated carbocycles. The molecular formula is C20H22F2N2O7. The van der Waals surface area contributed by atoms with Gasteiger partial charge in [-0.1, -0.05) is 0 Å². The van der Waals surface area contributed by atoms with Crippen molar-refractivity contribution in [2.75, 3.05) is 13.2 Å². The molecule has 0 atom stereocenters. The van der Waals surface area contributed by atoms with Crippen LogP contribution in [0.3, 0.4) is 0 Å². The van der Waals surface area contributed by atoms with E-state index < -0.39 is 29.4 Å². The van der Waals surface area contributed by atoms with Crippen LogP contribution < -0.4 is 20.2 Å². The molecular weight excluding hydrogens is 418 g/mol. The lowest BCUT2D eigenvalue weighted by atomic mass is 10.1. The lowest BCUT2D eigenvalue weighted by molar-refractivity contribution is -0.286. The fourth-order valence-corrected chi connectivity index (χ4v) is 2.97. The second-order valence-corrected chi connectivity index (χ2v) is 7.70. The maximum atomic E-state index is 13.5. The van der Waals surface area contributed by atoms with Crippen LogP contribution in [-0.2, 0) is 16.0 Å². The molecule has 3 rings (SSSR count). The molecule has 0 aliphatic carbocycles. The Balaban J connectivity index is 1.98. The van der Waals surface area contributed by atoms with Gasteiger partial charge in [0, 0.05) is 25.4 Å². The molecule has 1 N–H and O–H groups in total. The second kappa shape index (κ2) is 8.05. The Kier molecular flexibility index (Phi) is 5.79. The van der Waals surface area contributed by atoms with E-state index in [1.54, 1.807) is 27.7 Å². The Hall–Kier alpha value is -3.37. The Labute approximate surface area is 175 Å². The number of halogens is 2. The van der Waals surface area contributed by atoms with Crippen LogP contribution in [0.2, 0.25) is 0 Å². The maximum absolute atomic E-state index is 13.5. The van der Waals surface area contributed by atoms with E-state index in [1.807, 2.05) is 0 Å². The van der Waals surface area contributed by atoms with Gasteiger partial charge in [-0.25, -0.2) is 9.59 Å². The predicted molar refractivity (Wildman–Crippen MR) is 105 cm³/mol. The van der Waals surface area contributed by atoms with Gasteiger partial charge in [0.05, 0.1) is 17.5 Å². The number of alkyl carbamates (subject to hydrolysis) is 1. The van der Waals surface area contributed by atoms with Crippen LogP contribution in [0.25, 0.3) is 10.9 Å². The van der Waals surface area contributed by atoms with Gasteiger partial charge in [0.1, 0.15) is 11.2 Å². The van der Waals surface area contributed by atoms with Gasteiger partial charge in [-0.2, -0.15) is 0 Å². The summed E-state index contributed by atoms with van der Waals surface area (Å²) in [5.74, 6) is -1.44. The molecule has 168 valence electrons. The summed E-state index contributed by atoms with van der Waals surface area (Å²) in [4.78, 5) is 36.9. The van der Waals surface area contributed by atoms with Crippen molar-refractivity contribution in [2.24, 2.45) is 0 Å². The van der Waals surface area contributed by atoms with E-state index in [1.165, 1.54) is 16.8 Å². The van der Waals surface area contributed by atoms with Crippen molar-refractivity contribution >= 4 is 23.0 Å². The molecule has 9 nitrogen and oxygen atoms in total. The zero-order chi connectivity index (χ0) is 23.0. The van der Waals surface area contributed by atoms with Gasteiger partial charge in [-0.15, -0.1) is 8.78 Å². The van der Waals surface area contributed by atoms with E-state index >= 15 is 0 Å². The van der Waals surface area contributed by atoms with Crippen LogP contribution in [0.5, 0.6) is 11.5 Å². The standard InChI is InChI=1S/C20H22F2N2O7/c1-5-28-17(26)12-10-24(7-6-23-18(27)31-19(2,3)4)13-9-15-14(8-11(13)16(12)25)29-20(21,22)30-15/h8-10H,5-7H2,1-4H3,(H,23,27). The van der Waals surface area contributed by atoms with Crippen molar-refractivity contribution in [3.8, 4) is 11.5 Å². The number of hydrogen-bond acceptors (Lipinski definition) is 7. The summed E-state index contributed by atoms with van der Waals surface area (Å²) in [6.45, 7) is 6.94. The lowest BCUT2D eigenvalue weighted by Crippen LogP contribution is -2.34. The van der Waals surface area contributed by atoms with Crippen LogP contribution in [0, 0.1) is 0 Å². The monoisotopic (exact) mass is 440 g/mol. The van der Waals surface area contributed by atoms with Crippen LogP contribution in [0.15, 0.2) is 23.1 Å². The molecule has 0 bridgehead atoms.